The van der Waals surface area contributed by atoms with Crippen molar-refractivity contribution in [1.82, 2.24) is 0 Å². The van der Waals surface area contributed by atoms with E-state index in [9.17, 15) is 28.1 Å². The molecule has 0 fully saturated rings. The third kappa shape index (κ3) is 6.24. The first-order chi connectivity index (χ1) is 15.1. The van der Waals surface area contributed by atoms with Crippen LogP contribution in [0.25, 0.3) is 0 Å². The predicted octanol–water partition coefficient (Wildman–Crippen LogP) is 7.06. The van der Waals surface area contributed by atoms with E-state index in [0.29, 0.717) is 5.75 Å². The second kappa shape index (κ2) is 10.1. The molecule has 32 heavy (non-hydrogen) atoms. The number of ether oxygens (including phenoxy) is 1. The van der Waals surface area contributed by atoms with Gasteiger partial charge < -0.3 is 4.74 Å². The van der Waals surface area contributed by atoms with Crippen LogP contribution in [0.15, 0.2) is 66.7 Å². The van der Waals surface area contributed by atoms with E-state index in [-0.39, 0.29) is 39.3 Å². The molecule has 0 aromatic heterocycles. The number of nitro benzene ring substituents is 1. The van der Waals surface area contributed by atoms with E-state index in [1.807, 2.05) is 30.3 Å². The highest BCUT2D eigenvalue weighted by Gasteiger charge is 2.31. The average Bonchev–Trinajstić information content (AvgIpc) is 2.73. The molecule has 10 heteroatoms. The smallest absolute Gasteiger partial charge is 0.416 e. The Kier molecular flexibility index (Phi) is 7.42. The van der Waals surface area contributed by atoms with Crippen LogP contribution >= 0.6 is 23.4 Å². The number of thioether (sulfide) groups is 1. The summed E-state index contributed by atoms with van der Waals surface area (Å²) in [5.41, 5.74) is -0.125. The first-order valence-electron chi connectivity index (χ1n) is 9.15. The predicted molar refractivity (Wildman–Crippen MR) is 116 cm³/mol. The van der Waals surface area contributed by atoms with Gasteiger partial charge in [0.15, 0.2) is 5.12 Å². The van der Waals surface area contributed by atoms with Crippen LogP contribution < -0.4 is 4.74 Å². The molecule has 0 saturated heterocycles. The zero-order valence-electron chi connectivity index (χ0n) is 16.3. The minimum Gasteiger partial charge on any atom is -0.456 e. The van der Waals surface area contributed by atoms with Gasteiger partial charge in [-0.2, -0.15) is 13.2 Å². The summed E-state index contributed by atoms with van der Waals surface area (Å²) in [6, 6.07) is 15.7. The number of carbonyl (C=O) groups is 1. The standard InChI is InChI=1S/C22H15ClF3NO4S/c23-18-12-16(22(24,25)26)6-9-20(18)31-17-7-8-19(27(29)30)15(10-17)11-21(28)32-13-14-4-2-1-3-5-14/h1-10,12H,11,13H2. The van der Waals surface area contributed by atoms with Gasteiger partial charge in [-0.05, 0) is 35.9 Å². The Balaban J connectivity index is 1.77. The fourth-order valence-electron chi connectivity index (χ4n) is 2.78. The second-order valence-electron chi connectivity index (χ2n) is 6.62. The van der Waals surface area contributed by atoms with Crippen molar-refractivity contribution in [2.45, 2.75) is 18.3 Å². The van der Waals surface area contributed by atoms with Crippen LogP contribution in [0.1, 0.15) is 16.7 Å². The van der Waals surface area contributed by atoms with Crippen LogP contribution in [0, 0.1) is 10.1 Å². The minimum absolute atomic E-state index is 0.0516. The van der Waals surface area contributed by atoms with Gasteiger partial charge in [0.1, 0.15) is 11.5 Å². The third-order valence-electron chi connectivity index (χ3n) is 4.31. The fourth-order valence-corrected chi connectivity index (χ4v) is 3.77. The van der Waals surface area contributed by atoms with E-state index < -0.39 is 16.7 Å². The molecule has 3 aromatic carbocycles. The van der Waals surface area contributed by atoms with Crippen LogP contribution in [0.5, 0.6) is 11.5 Å². The van der Waals surface area contributed by atoms with Crippen molar-refractivity contribution in [3.8, 4) is 11.5 Å². The van der Waals surface area contributed by atoms with E-state index in [1.165, 1.54) is 18.2 Å². The molecule has 5 nitrogen and oxygen atoms in total. The quantitative estimate of drug-likeness (QED) is 0.267. The molecule has 0 saturated carbocycles. The molecule has 0 heterocycles. The van der Waals surface area contributed by atoms with Crippen LogP contribution in [-0.4, -0.2) is 10.0 Å². The highest BCUT2D eigenvalue weighted by Crippen LogP contribution is 2.37. The highest BCUT2D eigenvalue weighted by molar-refractivity contribution is 8.12. The highest BCUT2D eigenvalue weighted by atomic mass is 35.5. The Hall–Kier alpha value is -3.04. The second-order valence-corrected chi connectivity index (χ2v) is 8.06. The maximum Gasteiger partial charge on any atom is 0.416 e. The number of nitro groups is 1. The number of carbonyl (C=O) groups excluding carboxylic acids is 1. The lowest BCUT2D eigenvalue weighted by Gasteiger charge is -2.12. The van der Waals surface area contributed by atoms with Crippen molar-refractivity contribution < 1.29 is 27.6 Å². The fraction of sp³-hybridized carbons (Fsp3) is 0.136. The lowest BCUT2D eigenvalue weighted by Crippen LogP contribution is -2.05. The molecule has 0 atom stereocenters. The van der Waals surface area contributed by atoms with E-state index in [0.717, 1.165) is 35.5 Å². The lowest BCUT2D eigenvalue weighted by molar-refractivity contribution is -0.385. The number of benzene rings is 3. The molecule has 0 spiro atoms. The summed E-state index contributed by atoms with van der Waals surface area (Å²) in [7, 11) is 0. The molecule has 3 aromatic rings. The first kappa shape index (κ1) is 23.6. The van der Waals surface area contributed by atoms with Crippen molar-refractivity contribution >= 4 is 34.2 Å². The summed E-state index contributed by atoms with van der Waals surface area (Å²) < 4.78 is 43.9. The Morgan fingerprint density at radius 2 is 1.78 bits per heavy atom. The Morgan fingerprint density at radius 1 is 1.06 bits per heavy atom. The number of hydrogen-bond donors (Lipinski definition) is 0. The van der Waals surface area contributed by atoms with Crippen LogP contribution in [0.4, 0.5) is 18.9 Å². The van der Waals surface area contributed by atoms with Crippen LogP contribution in [0.3, 0.4) is 0 Å². The maximum atomic E-state index is 12.8. The van der Waals surface area contributed by atoms with Crippen LogP contribution in [0.2, 0.25) is 5.02 Å². The SMILES string of the molecule is O=C(Cc1cc(Oc2ccc(C(F)(F)F)cc2Cl)ccc1[N+](=O)[O-])SCc1ccccc1. The molecular formula is C22H15ClF3NO4S. The molecule has 0 aliphatic carbocycles. The minimum atomic E-state index is -4.56. The zero-order chi connectivity index (χ0) is 23.3. The monoisotopic (exact) mass is 481 g/mol. The van der Waals surface area contributed by atoms with Gasteiger partial charge in [0.05, 0.1) is 15.5 Å². The summed E-state index contributed by atoms with van der Waals surface area (Å²) in [4.78, 5) is 23.1. The summed E-state index contributed by atoms with van der Waals surface area (Å²) in [6.45, 7) is 0. The van der Waals surface area contributed by atoms with Gasteiger partial charge in [-0.3, -0.25) is 14.9 Å². The van der Waals surface area contributed by atoms with Crippen molar-refractivity contribution in [3.05, 3.63) is 98.6 Å². The summed E-state index contributed by atoms with van der Waals surface area (Å²) >= 11 is 6.93. The molecule has 0 aliphatic heterocycles. The van der Waals surface area contributed by atoms with E-state index in [2.05, 4.69) is 0 Å². The third-order valence-corrected chi connectivity index (χ3v) is 5.55. The Bertz CT molecular complexity index is 1140. The van der Waals surface area contributed by atoms with Gasteiger partial charge in [0.2, 0.25) is 0 Å². The van der Waals surface area contributed by atoms with Gasteiger partial charge in [-0.25, -0.2) is 0 Å². The molecule has 166 valence electrons. The zero-order valence-corrected chi connectivity index (χ0v) is 17.8. The molecule has 0 N–H and O–H groups in total. The van der Waals surface area contributed by atoms with Gasteiger partial charge in [0.25, 0.3) is 5.69 Å². The molecule has 0 bridgehead atoms. The summed E-state index contributed by atoms with van der Waals surface area (Å²) in [5.74, 6) is 0.475. The Morgan fingerprint density at radius 3 is 2.41 bits per heavy atom. The average molecular weight is 482 g/mol. The Labute approximate surface area is 190 Å². The largest absolute Gasteiger partial charge is 0.456 e. The molecule has 3 rings (SSSR count). The van der Waals surface area contributed by atoms with E-state index >= 15 is 0 Å². The number of halogens is 4. The van der Waals surface area contributed by atoms with Crippen molar-refractivity contribution in [2.75, 3.05) is 0 Å². The van der Waals surface area contributed by atoms with Gasteiger partial charge in [0, 0.05) is 23.8 Å². The molecule has 0 radical (unpaired) electrons. The first-order valence-corrected chi connectivity index (χ1v) is 10.5. The summed E-state index contributed by atoms with van der Waals surface area (Å²) in [6.07, 6.45) is -4.77. The number of alkyl halides is 3. The van der Waals surface area contributed by atoms with Gasteiger partial charge in [-0.15, -0.1) is 0 Å². The van der Waals surface area contributed by atoms with E-state index in [1.54, 1.807) is 0 Å². The maximum absolute atomic E-state index is 12.8. The van der Waals surface area contributed by atoms with Crippen molar-refractivity contribution in [1.29, 1.82) is 0 Å². The van der Waals surface area contributed by atoms with Gasteiger partial charge >= 0.3 is 6.18 Å². The van der Waals surface area contributed by atoms with Crippen molar-refractivity contribution in [2.24, 2.45) is 0 Å². The van der Waals surface area contributed by atoms with Crippen LogP contribution in [-0.2, 0) is 23.1 Å². The number of nitrogens with zero attached hydrogens (tertiary/aromatic N) is 1. The number of rotatable bonds is 7. The van der Waals surface area contributed by atoms with Gasteiger partial charge in [-0.1, -0.05) is 53.7 Å². The molecule has 0 amide bonds. The number of hydrogen-bond acceptors (Lipinski definition) is 5. The topological polar surface area (TPSA) is 69.4 Å². The molecular weight excluding hydrogens is 467 g/mol. The normalized spacial score (nSPS) is 11.2. The van der Waals surface area contributed by atoms with Crippen molar-refractivity contribution in [3.63, 3.8) is 0 Å². The lowest BCUT2D eigenvalue weighted by atomic mass is 10.1. The summed E-state index contributed by atoms with van der Waals surface area (Å²) in [5, 5.41) is 10.8. The molecule has 0 unspecified atom stereocenters. The van der Waals surface area contributed by atoms with E-state index in [4.69, 9.17) is 16.3 Å². The molecule has 0 aliphatic rings.